The minimum atomic E-state index is -6.11. The molecule has 3 nitrogen and oxygen atoms in total. The Balaban J connectivity index is 1.28. The fourth-order valence-corrected chi connectivity index (χ4v) is 7.76. The lowest BCUT2D eigenvalue weighted by molar-refractivity contribution is -0.432. The van der Waals surface area contributed by atoms with Crippen LogP contribution in [0.5, 0.6) is 11.5 Å². The Labute approximate surface area is 304 Å². The molecule has 3 aromatic carbocycles. The fourth-order valence-electron chi connectivity index (χ4n) is 7.76. The molecule has 18 heteroatoms. The van der Waals surface area contributed by atoms with Gasteiger partial charge < -0.3 is 9.47 Å². The zero-order chi connectivity index (χ0) is 40.7. The molecule has 0 atom stereocenters. The third-order valence-electron chi connectivity index (χ3n) is 10.2. The Hall–Kier alpha value is -3.83. The van der Waals surface area contributed by atoms with E-state index in [0.717, 1.165) is 38.0 Å². The third kappa shape index (κ3) is 9.77. The molecule has 2 aliphatic rings. The highest BCUT2D eigenvalue weighted by molar-refractivity contribution is 5.37. The topological polar surface area (TPSA) is 27.7 Å². The molecule has 55 heavy (non-hydrogen) atoms. The smallest absolute Gasteiger partial charge is 0.429 e. The van der Waals surface area contributed by atoms with Gasteiger partial charge in [0.05, 0.1) is 0 Å². The number of hydrogen-bond donors (Lipinski definition) is 0. The highest BCUT2D eigenvalue weighted by atomic mass is 19.4. The van der Waals surface area contributed by atoms with Crippen molar-refractivity contribution in [2.45, 2.75) is 102 Å². The molecule has 0 N–H and O–H groups in total. The molecule has 5 rings (SSSR count). The van der Waals surface area contributed by atoms with Crippen molar-refractivity contribution in [3.8, 4) is 11.5 Å². The predicted molar refractivity (Wildman–Crippen MR) is 164 cm³/mol. The Morgan fingerprint density at radius 2 is 0.836 bits per heavy atom. The summed E-state index contributed by atoms with van der Waals surface area (Å²) in [4.78, 5) is 0. The molecular weight excluding hydrogens is 777 g/mol. The van der Waals surface area contributed by atoms with Crippen molar-refractivity contribution in [3.63, 3.8) is 0 Å². The van der Waals surface area contributed by atoms with E-state index >= 15 is 17.6 Å². The zero-order valence-corrected chi connectivity index (χ0v) is 28.7. The average Bonchev–Trinajstić information content (AvgIpc) is 3.02. The Bertz CT molecular complexity index is 1760. The van der Waals surface area contributed by atoms with Crippen LogP contribution in [-0.4, -0.2) is 6.36 Å². The third-order valence-corrected chi connectivity index (χ3v) is 10.2. The quantitative estimate of drug-likeness (QED) is 0.171. The number of halogens is 15. The molecule has 2 saturated carbocycles. The van der Waals surface area contributed by atoms with Crippen LogP contribution in [0.25, 0.3) is 0 Å². The lowest BCUT2D eigenvalue weighted by Crippen LogP contribution is -2.30. The van der Waals surface area contributed by atoms with Gasteiger partial charge in [0.25, 0.3) is 0 Å². The second-order valence-corrected chi connectivity index (χ2v) is 13.9. The fraction of sp³-hybridized carbons (Fsp3) is 0.514. The minimum Gasteiger partial charge on any atom is -0.429 e. The van der Waals surface area contributed by atoms with Gasteiger partial charge in [-0.05, 0) is 79.9 Å². The van der Waals surface area contributed by atoms with Crippen LogP contribution in [0.4, 0.5) is 65.9 Å². The molecule has 304 valence electrons. The highest BCUT2D eigenvalue weighted by Crippen LogP contribution is 2.47. The van der Waals surface area contributed by atoms with E-state index in [9.17, 15) is 48.3 Å². The maximum absolute atomic E-state index is 15.1. The molecule has 0 amide bonds. The first-order valence-electron chi connectivity index (χ1n) is 17.3. The van der Waals surface area contributed by atoms with Gasteiger partial charge in [0.1, 0.15) is 63.1 Å². The molecule has 2 fully saturated rings. The van der Waals surface area contributed by atoms with Gasteiger partial charge in [-0.3, -0.25) is 0 Å². The van der Waals surface area contributed by atoms with Gasteiger partial charge in [-0.2, -0.15) is 26.3 Å². The maximum atomic E-state index is 15.1. The van der Waals surface area contributed by atoms with Crippen LogP contribution in [0.15, 0.2) is 36.4 Å². The number of alkyl halides is 9. The number of rotatable bonds is 12. The zero-order valence-electron chi connectivity index (χ0n) is 28.7. The van der Waals surface area contributed by atoms with Gasteiger partial charge in [0.2, 0.25) is 0 Å². The summed E-state index contributed by atoms with van der Waals surface area (Å²) >= 11 is 0. The van der Waals surface area contributed by atoms with E-state index in [1.165, 1.54) is 19.3 Å². The SMILES string of the molecule is CCCC1CCC(C2CCC(c3cc(F)c(C(F)(F)Oc4cc(F)c(C(F)(F)Oc5cc(F)c(C(F)(F)OC(F)(F)F)c(F)c5)c(F)c4)c(F)c3)CC2)CC1. The molecule has 3 aromatic rings. The summed E-state index contributed by atoms with van der Waals surface area (Å²) in [6.07, 6.45) is -12.4. The summed E-state index contributed by atoms with van der Waals surface area (Å²) in [6, 6.07) is -0.0633. The summed E-state index contributed by atoms with van der Waals surface area (Å²) < 4.78 is 222. The van der Waals surface area contributed by atoms with E-state index in [1.807, 2.05) is 0 Å². The van der Waals surface area contributed by atoms with Crippen molar-refractivity contribution < 1.29 is 80.1 Å². The Morgan fingerprint density at radius 1 is 0.491 bits per heavy atom. The molecule has 0 heterocycles. The molecule has 0 bridgehead atoms. The molecule has 0 radical (unpaired) electrons. The van der Waals surface area contributed by atoms with Crippen molar-refractivity contribution in [2.24, 2.45) is 17.8 Å². The highest BCUT2D eigenvalue weighted by Gasteiger charge is 2.50. The number of hydrogen-bond acceptors (Lipinski definition) is 3. The molecular formula is C37H33F15O3. The minimum absolute atomic E-state index is 0.126. The number of benzene rings is 3. The van der Waals surface area contributed by atoms with E-state index in [4.69, 9.17) is 0 Å². The maximum Gasteiger partial charge on any atom is 0.527 e. The van der Waals surface area contributed by atoms with E-state index < -0.39 is 99.9 Å². The van der Waals surface area contributed by atoms with Gasteiger partial charge in [0, 0.05) is 24.3 Å². The standard InChI is InChI=1S/C37H33F15O3/c1-2-3-18-4-6-19(7-5-18)20-8-10-21(11-9-20)22-12-25(38)31(26(39)13-22)34(44,45)53-23-14-27(40)32(28(41)15-23)35(46,47)54-24-16-29(42)33(30(43)17-24)36(48,49)55-37(50,51)52/h12-21H,2-11H2,1H3. The monoisotopic (exact) mass is 810 g/mol. The van der Waals surface area contributed by atoms with Crippen LogP contribution in [0.1, 0.15) is 99.3 Å². The van der Waals surface area contributed by atoms with Gasteiger partial charge in [-0.1, -0.05) is 32.6 Å². The second kappa shape index (κ2) is 16.0. The van der Waals surface area contributed by atoms with Crippen molar-refractivity contribution >= 4 is 0 Å². The van der Waals surface area contributed by atoms with Crippen LogP contribution in [0, 0.1) is 52.7 Å². The normalized spacial score (nSPS) is 21.5. The van der Waals surface area contributed by atoms with Crippen LogP contribution >= 0.6 is 0 Å². The summed E-state index contributed by atoms with van der Waals surface area (Å²) in [5, 5.41) is 0. The van der Waals surface area contributed by atoms with E-state index in [2.05, 4.69) is 21.1 Å². The van der Waals surface area contributed by atoms with Crippen LogP contribution in [0.3, 0.4) is 0 Å². The van der Waals surface area contributed by atoms with Crippen LogP contribution in [-0.2, 0) is 23.1 Å². The van der Waals surface area contributed by atoms with Gasteiger partial charge in [-0.15, -0.1) is 13.2 Å². The lowest BCUT2D eigenvalue weighted by atomic mass is 9.68. The van der Waals surface area contributed by atoms with Gasteiger partial charge in [-0.25, -0.2) is 31.1 Å². The van der Waals surface area contributed by atoms with E-state index in [1.54, 1.807) is 0 Å². The van der Waals surface area contributed by atoms with E-state index in [-0.39, 0.29) is 23.6 Å². The number of ether oxygens (including phenoxy) is 3. The summed E-state index contributed by atoms with van der Waals surface area (Å²) in [5.41, 5.74) is -6.90. The summed E-state index contributed by atoms with van der Waals surface area (Å²) in [5.74, 6) is -15.4. The first-order valence-corrected chi connectivity index (χ1v) is 17.3. The molecule has 0 aromatic heterocycles. The van der Waals surface area contributed by atoms with Gasteiger partial charge >= 0.3 is 24.7 Å². The first-order chi connectivity index (χ1) is 25.5. The predicted octanol–water partition coefficient (Wildman–Crippen LogP) is 13.2. The molecule has 2 aliphatic carbocycles. The first kappa shape index (κ1) is 42.3. The summed E-state index contributed by atoms with van der Waals surface area (Å²) in [6.45, 7) is 2.16. The van der Waals surface area contributed by atoms with E-state index in [0.29, 0.717) is 36.8 Å². The van der Waals surface area contributed by atoms with Crippen molar-refractivity contribution in [2.75, 3.05) is 0 Å². The van der Waals surface area contributed by atoms with Crippen molar-refractivity contribution in [3.05, 3.63) is 93.6 Å². The Kier molecular flexibility index (Phi) is 12.3. The second-order valence-electron chi connectivity index (χ2n) is 13.9. The molecule has 0 unspecified atom stereocenters. The Morgan fingerprint density at radius 3 is 1.20 bits per heavy atom. The van der Waals surface area contributed by atoms with Gasteiger partial charge in [0.15, 0.2) is 0 Å². The largest absolute Gasteiger partial charge is 0.527 e. The average molecular weight is 811 g/mol. The lowest BCUT2D eigenvalue weighted by Gasteiger charge is -2.38. The summed E-state index contributed by atoms with van der Waals surface area (Å²) in [7, 11) is 0. The van der Waals surface area contributed by atoms with Crippen molar-refractivity contribution in [1.82, 2.24) is 0 Å². The molecule has 0 saturated heterocycles. The van der Waals surface area contributed by atoms with Crippen LogP contribution < -0.4 is 9.47 Å². The van der Waals surface area contributed by atoms with Crippen molar-refractivity contribution in [1.29, 1.82) is 0 Å². The molecule has 0 spiro atoms. The molecule has 0 aliphatic heterocycles. The van der Waals surface area contributed by atoms with Crippen LogP contribution in [0.2, 0.25) is 0 Å².